The van der Waals surface area contributed by atoms with E-state index in [1.165, 1.54) is 124 Å². The summed E-state index contributed by atoms with van der Waals surface area (Å²) in [6.07, 6.45) is 6.36. The maximum atomic E-state index is 13.3. The summed E-state index contributed by atoms with van der Waals surface area (Å²) in [5, 5.41) is 25.7. The van der Waals surface area contributed by atoms with Crippen LogP contribution in [-0.4, -0.2) is 23.0 Å². The Balaban J connectivity index is 0.800. The molecule has 0 aliphatic heterocycles. The topological polar surface area (TPSA) is 62.0 Å². The Bertz CT molecular complexity index is 4500. The Labute approximate surface area is 507 Å². The Morgan fingerprint density at radius 3 is 1.02 bits per heavy atom. The minimum Gasteiger partial charge on any atom is -0.507 e. The number of aliphatic imine (C=N–C) groups is 1. The number of unbranched alkanes of at least 4 members (excludes halogenated alkanes) is 3. The molecule has 2 N–H and O–H groups in total. The fraction of sp³-hybridized carbons (Fsp3) is 0.169. The summed E-state index contributed by atoms with van der Waals surface area (Å²) in [5.41, 5.74) is 33.1. The number of benzene rings is 11. The number of phenolic OH excluding ortho intramolecular Hbond substituents is 2. The lowest BCUT2D eigenvalue weighted by Gasteiger charge is -2.48. The van der Waals surface area contributed by atoms with E-state index in [-0.39, 0.29) is 53.1 Å². The highest BCUT2D eigenvalue weighted by atomic mass is 16.5. The van der Waals surface area contributed by atoms with Crippen molar-refractivity contribution in [2.75, 3.05) is 6.61 Å². The van der Waals surface area contributed by atoms with Crippen molar-refractivity contribution >= 4 is 11.9 Å². The van der Waals surface area contributed by atoms with Gasteiger partial charge in [-0.1, -0.05) is 232 Å². The minimum absolute atomic E-state index is 0.0217. The monoisotopic (exact) mass is 1120 g/mol. The zero-order valence-electron chi connectivity index (χ0n) is 48.2. The molecule has 0 radical (unpaired) electrons. The van der Waals surface area contributed by atoms with Gasteiger partial charge in [0.1, 0.15) is 17.2 Å². The van der Waals surface area contributed by atoms with Crippen LogP contribution in [0.2, 0.25) is 0 Å². The van der Waals surface area contributed by atoms with Crippen LogP contribution in [0.15, 0.2) is 217 Å². The van der Waals surface area contributed by atoms with Gasteiger partial charge < -0.3 is 14.9 Å². The predicted octanol–water partition coefficient (Wildman–Crippen LogP) is 18.2. The molecule has 4 heteroatoms. The Hall–Kier alpha value is -9.95. The Morgan fingerprint density at radius 2 is 0.690 bits per heavy atom. The van der Waals surface area contributed by atoms with Crippen LogP contribution in [0.25, 0.3) is 0 Å². The van der Waals surface area contributed by atoms with E-state index in [4.69, 9.17) is 9.73 Å². The van der Waals surface area contributed by atoms with Gasteiger partial charge >= 0.3 is 0 Å². The summed E-state index contributed by atoms with van der Waals surface area (Å²) in [4.78, 5) is 5.67. The van der Waals surface area contributed by atoms with Gasteiger partial charge in [-0.15, -0.1) is 0 Å². The van der Waals surface area contributed by atoms with Crippen LogP contribution in [0.4, 0.5) is 5.69 Å². The first-order valence-corrected chi connectivity index (χ1v) is 31.5. The quantitative estimate of drug-likeness (QED) is 0.0905. The molecule has 0 saturated heterocycles. The van der Waals surface area contributed by atoms with Crippen LogP contribution in [0.1, 0.15) is 230 Å². The van der Waals surface area contributed by atoms with Gasteiger partial charge in [0.15, 0.2) is 0 Å². The number of hydrogen-bond acceptors (Lipinski definition) is 4. The Kier molecular flexibility index (Phi) is 10.5. The van der Waals surface area contributed by atoms with Crippen molar-refractivity contribution in [1.82, 2.24) is 0 Å². The molecule has 12 aliphatic rings. The summed E-state index contributed by atoms with van der Waals surface area (Å²) in [6, 6.07) is 77.5. The lowest BCUT2D eigenvalue weighted by Crippen LogP contribution is -2.34. The normalized spacial score (nSPS) is 20.9. The third-order valence-electron chi connectivity index (χ3n) is 21.4. The summed E-state index contributed by atoms with van der Waals surface area (Å²) < 4.78 is 7.47. The number of aromatic hydroxyl groups is 2. The van der Waals surface area contributed by atoms with E-state index >= 15 is 0 Å². The van der Waals surface area contributed by atoms with Crippen molar-refractivity contribution < 1.29 is 14.9 Å². The molecule has 0 aromatic heterocycles. The second-order valence-corrected chi connectivity index (χ2v) is 25.4. The highest BCUT2D eigenvalue weighted by Crippen LogP contribution is 2.69. The molecule has 12 aliphatic carbocycles. The molecular weight excluding hydrogens is 1060 g/mol. The third kappa shape index (κ3) is 6.56. The smallest absolute Gasteiger partial charge is 0.128 e. The summed E-state index contributed by atoms with van der Waals surface area (Å²) in [5.74, 6) is 8.54. The van der Waals surface area contributed by atoms with E-state index in [0.29, 0.717) is 17.9 Å². The van der Waals surface area contributed by atoms with Crippen LogP contribution >= 0.6 is 0 Å². The van der Waals surface area contributed by atoms with Crippen molar-refractivity contribution in [3.05, 3.63) is 363 Å². The van der Waals surface area contributed by atoms with Gasteiger partial charge in [0.05, 0.1) is 12.3 Å². The van der Waals surface area contributed by atoms with Crippen molar-refractivity contribution in [3.8, 4) is 29.1 Å². The summed E-state index contributed by atoms with van der Waals surface area (Å²) in [6.45, 7) is 2.93. The molecule has 11 aromatic rings. The first-order chi connectivity index (χ1) is 43.1. The van der Waals surface area contributed by atoms with Crippen molar-refractivity contribution in [3.63, 3.8) is 0 Å². The molecule has 4 nitrogen and oxygen atoms in total. The SMILES string of the molecule is CCCCCCOc1c2c(c(C#Cc3ccc(C=Nc4c5c(c(O)c6c4C4c7ccccc7C6c6ccccc64)C4c6ccccc6C5c5ccccc54)c(O)c3)c3c1C1c4ccccc4C3c3ccccc31)C1c3ccccc3C2c2ccccc21. The fourth-order valence-electron chi connectivity index (χ4n) is 18.2. The molecule has 87 heavy (non-hydrogen) atoms. The molecule has 0 fully saturated rings. The van der Waals surface area contributed by atoms with Gasteiger partial charge in [0, 0.05) is 92.5 Å². The van der Waals surface area contributed by atoms with Gasteiger partial charge in [0.25, 0.3) is 0 Å². The first-order valence-electron chi connectivity index (χ1n) is 31.5. The van der Waals surface area contributed by atoms with E-state index in [9.17, 15) is 10.2 Å². The maximum Gasteiger partial charge on any atom is 0.128 e. The van der Waals surface area contributed by atoms with Crippen LogP contribution in [0.5, 0.6) is 17.2 Å². The molecule has 414 valence electrons. The van der Waals surface area contributed by atoms with Crippen molar-refractivity contribution in [2.45, 2.75) is 80.0 Å². The number of ether oxygens (including phenoxy) is 1. The van der Waals surface area contributed by atoms with Gasteiger partial charge in [-0.25, -0.2) is 0 Å². The average molecular weight is 1120 g/mol. The highest BCUT2D eigenvalue weighted by Gasteiger charge is 2.53. The molecule has 23 rings (SSSR count). The van der Waals surface area contributed by atoms with Crippen LogP contribution < -0.4 is 4.74 Å². The standard InChI is InChI=1S/C83H59NO3/c1-2-3-4-21-42-87-83-79-71-59-34-17-5-22-47(59)65(48-23-6-18-35-60(48)71)73(79)63(74-66-49-24-7-19-36-61(49)72(80(74)83)62-37-20-8-25-50(62)66)41-39-45-38-40-46(64(85)43-45)44-84-81-75-67-51-26-9-13-30-55(51)69(56-31-14-10-27-52(56)67)77(75)82(86)78-70-57-32-15-11-28-53(57)68(76(78)81)54-29-12-16-33-58(54)70/h5-20,22-38,40,43-44,65-72,85-86H,2-4,21,42H2,1H3. The van der Waals surface area contributed by atoms with E-state index in [0.717, 1.165) is 57.7 Å². The maximum absolute atomic E-state index is 13.3. The van der Waals surface area contributed by atoms with Gasteiger partial charge in [-0.05, 0) is 136 Å². The molecule has 0 unspecified atom stereocenters. The van der Waals surface area contributed by atoms with Crippen molar-refractivity contribution in [2.24, 2.45) is 4.99 Å². The fourth-order valence-corrected chi connectivity index (χ4v) is 18.2. The summed E-state index contributed by atoms with van der Waals surface area (Å²) >= 11 is 0. The van der Waals surface area contributed by atoms with Gasteiger partial charge in [-0.2, -0.15) is 0 Å². The Morgan fingerprint density at radius 1 is 0.368 bits per heavy atom. The lowest BCUT2D eigenvalue weighted by molar-refractivity contribution is 0.296. The molecule has 0 spiro atoms. The highest BCUT2D eigenvalue weighted by molar-refractivity contribution is 5.91. The lowest BCUT2D eigenvalue weighted by atomic mass is 9.54. The first kappa shape index (κ1) is 49.3. The number of rotatable bonds is 8. The minimum atomic E-state index is -0.163. The van der Waals surface area contributed by atoms with Gasteiger partial charge in [-0.3, -0.25) is 4.99 Å². The second kappa shape index (κ2) is 18.5. The second-order valence-electron chi connectivity index (χ2n) is 25.4. The molecule has 0 heterocycles. The predicted molar refractivity (Wildman–Crippen MR) is 345 cm³/mol. The van der Waals surface area contributed by atoms with Crippen LogP contribution in [0.3, 0.4) is 0 Å². The number of nitrogens with zero attached hydrogens (tertiary/aromatic N) is 1. The van der Waals surface area contributed by atoms with E-state index in [1.807, 2.05) is 18.3 Å². The van der Waals surface area contributed by atoms with Crippen LogP contribution in [0, 0.1) is 11.8 Å². The largest absolute Gasteiger partial charge is 0.507 e. The number of hydrogen-bond donors (Lipinski definition) is 2. The average Bonchev–Trinajstić information content (AvgIpc) is 0.837. The zero-order chi connectivity index (χ0) is 57.3. The summed E-state index contributed by atoms with van der Waals surface area (Å²) in [7, 11) is 0. The molecule has 8 bridgehead atoms. The van der Waals surface area contributed by atoms with E-state index in [1.54, 1.807) is 0 Å². The molecule has 0 atom stereocenters. The molecule has 0 saturated carbocycles. The van der Waals surface area contributed by atoms with Gasteiger partial charge in [0.2, 0.25) is 0 Å². The molecule has 0 amide bonds. The van der Waals surface area contributed by atoms with E-state index in [2.05, 4.69) is 219 Å². The molecule has 11 aromatic carbocycles. The van der Waals surface area contributed by atoms with Crippen molar-refractivity contribution in [1.29, 1.82) is 0 Å². The van der Waals surface area contributed by atoms with E-state index < -0.39 is 0 Å². The third-order valence-corrected chi connectivity index (χ3v) is 21.4. The molecular formula is C83H59NO3. The van der Waals surface area contributed by atoms with Crippen LogP contribution in [-0.2, 0) is 0 Å². The zero-order valence-corrected chi connectivity index (χ0v) is 48.2. The number of phenols is 2.